The highest BCUT2D eigenvalue weighted by molar-refractivity contribution is 4.98. The molecule has 0 aliphatic rings. The summed E-state index contributed by atoms with van der Waals surface area (Å²) in [6.45, 7) is 2.20. The monoisotopic (exact) mass is 177 g/mol. The summed E-state index contributed by atoms with van der Waals surface area (Å²) in [5.74, 6) is 6.31. The lowest BCUT2D eigenvalue weighted by molar-refractivity contribution is 0.735. The van der Waals surface area contributed by atoms with Crippen molar-refractivity contribution in [3.05, 3.63) is 0 Å². The summed E-state index contributed by atoms with van der Waals surface area (Å²) in [5.41, 5.74) is 0. The molecule has 1 heteroatoms. The van der Waals surface area contributed by atoms with Gasteiger partial charge in [-0.3, -0.25) is 0 Å². The minimum Gasteiger partial charge on any atom is -0.198 e. The number of hydrogen-bond donors (Lipinski definition) is 0. The van der Waals surface area contributed by atoms with Crippen molar-refractivity contribution in [2.75, 3.05) is 0 Å². The number of nitrogens with zero attached hydrogens (tertiary/aromatic N) is 1. The van der Waals surface area contributed by atoms with E-state index in [0.717, 1.165) is 25.7 Å². The topological polar surface area (TPSA) is 23.8 Å². The molecule has 0 saturated heterocycles. The van der Waals surface area contributed by atoms with Gasteiger partial charge in [-0.2, -0.15) is 5.26 Å². The van der Waals surface area contributed by atoms with E-state index in [1.54, 1.807) is 0 Å². The molecule has 0 saturated carbocycles. The van der Waals surface area contributed by atoms with Crippen LogP contribution in [0.3, 0.4) is 0 Å². The molecule has 13 heavy (non-hydrogen) atoms. The zero-order valence-corrected chi connectivity index (χ0v) is 8.60. The molecular formula is C12H19N. The molecular weight excluding hydrogens is 158 g/mol. The highest BCUT2D eigenvalue weighted by Gasteiger charge is 1.84. The minimum absolute atomic E-state index is 0.678. The molecule has 0 spiro atoms. The van der Waals surface area contributed by atoms with Crippen LogP contribution in [0.15, 0.2) is 0 Å². The Kier molecular flexibility index (Phi) is 10.2. The van der Waals surface area contributed by atoms with Gasteiger partial charge in [0, 0.05) is 19.3 Å². The molecule has 0 unspecified atom stereocenters. The third kappa shape index (κ3) is 11.0. The molecule has 0 aliphatic carbocycles. The average molecular weight is 177 g/mol. The van der Waals surface area contributed by atoms with Crippen molar-refractivity contribution in [3.63, 3.8) is 0 Å². The molecule has 0 rings (SSSR count). The van der Waals surface area contributed by atoms with E-state index in [4.69, 9.17) is 5.26 Å². The van der Waals surface area contributed by atoms with Gasteiger partial charge in [-0.15, -0.1) is 11.8 Å². The first kappa shape index (κ1) is 12.0. The Hall–Kier alpha value is -0.950. The Balaban J connectivity index is 3.07. The van der Waals surface area contributed by atoms with Crippen molar-refractivity contribution in [2.24, 2.45) is 0 Å². The van der Waals surface area contributed by atoms with Crippen LogP contribution in [0.2, 0.25) is 0 Å². The first-order chi connectivity index (χ1) is 6.41. The first-order valence-corrected chi connectivity index (χ1v) is 5.24. The van der Waals surface area contributed by atoms with Crippen LogP contribution in [-0.4, -0.2) is 0 Å². The van der Waals surface area contributed by atoms with Crippen molar-refractivity contribution in [2.45, 2.75) is 58.3 Å². The highest BCUT2D eigenvalue weighted by Crippen LogP contribution is 1.99. The fourth-order valence-corrected chi connectivity index (χ4v) is 1.06. The molecule has 0 atom stereocenters. The Morgan fingerprint density at radius 1 is 0.846 bits per heavy atom. The van der Waals surface area contributed by atoms with Crippen LogP contribution >= 0.6 is 0 Å². The third-order valence-electron chi connectivity index (χ3n) is 1.87. The largest absolute Gasteiger partial charge is 0.198 e. The van der Waals surface area contributed by atoms with Crippen LogP contribution < -0.4 is 0 Å². The molecule has 0 amide bonds. The number of unbranched alkanes of at least 4 members (excludes halogenated alkanes) is 6. The van der Waals surface area contributed by atoms with Crippen molar-refractivity contribution in [1.82, 2.24) is 0 Å². The van der Waals surface area contributed by atoms with Crippen molar-refractivity contribution in [1.29, 1.82) is 5.26 Å². The van der Waals surface area contributed by atoms with Crippen molar-refractivity contribution in [3.8, 4) is 17.9 Å². The van der Waals surface area contributed by atoms with Gasteiger partial charge >= 0.3 is 0 Å². The summed E-state index contributed by atoms with van der Waals surface area (Å²) in [5, 5.41) is 8.28. The molecule has 0 aromatic rings. The molecule has 0 aromatic carbocycles. The maximum atomic E-state index is 8.28. The van der Waals surface area contributed by atoms with Crippen molar-refractivity contribution < 1.29 is 0 Å². The molecule has 72 valence electrons. The van der Waals surface area contributed by atoms with Gasteiger partial charge in [0.05, 0.1) is 6.07 Å². The Morgan fingerprint density at radius 3 is 1.92 bits per heavy atom. The van der Waals surface area contributed by atoms with E-state index in [1.807, 2.05) is 0 Å². The van der Waals surface area contributed by atoms with Gasteiger partial charge in [0.25, 0.3) is 0 Å². The van der Waals surface area contributed by atoms with Crippen LogP contribution in [-0.2, 0) is 0 Å². The molecule has 0 aromatic heterocycles. The van der Waals surface area contributed by atoms with Gasteiger partial charge in [0.2, 0.25) is 0 Å². The fourth-order valence-electron chi connectivity index (χ4n) is 1.06. The molecule has 0 bridgehead atoms. The number of hydrogen-bond acceptors (Lipinski definition) is 1. The molecule has 1 nitrogen and oxygen atoms in total. The van der Waals surface area contributed by atoms with Crippen LogP contribution in [0.1, 0.15) is 58.3 Å². The minimum atomic E-state index is 0.678. The summed E-state index contributed by atoms with van der Waals surface area (Å²) in [4.78, 5) is 0. The van der Waals surface area contributed by atoms with E-state index < -0.39 is 0 Å². The smallest absolute Gasteiger partial charge is 0.0621 e. The molecule has 0 N–H and O–H groups in total. The Labute approximate surface area is 82.1 Å². The van der Waals surface area contributed by atoms with E-state index in [2.05, 4.69) is 24.8 Å². The lowest BCUT2D eigenvalue weighted by atomic mass is 10.2. The Morgan fingerprint density at radius 2 is 1.38 bits per heavy atom. The Bertz CT molecular complexity index is 189. The second-order valence-electron chi connectivity index (χ2n) is 3.18. The quantitative estimate of drug-likeness (QED) is 0.448. The van der Waals surface area contributed by atoms with Crippen molar-refractivity contribution >= 4 is 0 Å². The highest BCUT2D eigenvalue weighted by atomic mass is 14.2. The molecule has 0 heterocycles. The standard InChI is InChI=1S/C12H19N/c1-2-3-4-5-6-7-8-9-10-11-12-13/h2-5,8-11H2,1H3. The van der Waals surface area contributed by atoms with Gasteiger partial charge in [0.1, 0.15) is 0 Å². The van der Waals surface area contributed by atoms with E-state index in [1.165, 1.54) is 19.3 Å². The lowest BCUT2D eigenvalue weighted by Gasteiger charge is -1.89. The van der Waals surface area contributed by atoms with Crippen LogP contribution in [0, 0.1) is 23.2 Å². The summed E-state index contributed by atoms with van der Waals surface area (Å²) in [7, 11) is 0. The summed E-state index contributed by atoms with van der Waals surface area (Å²) < 4.78 is 0. The van der Waals surface area contributed by atoms with E-state index in [0.29, 0.717) is 6.42 Å². The SMILES string of the molecule is CCCCCC#CCCCCC#N. The van der Waals surface area contributed by atoms with E-state index in [9.17, 15) is 0 Å². The number of rotatable bonds is 6. The summed E-state index contributed by atoms with van der Waals surface area (Å²) >= 11 is 0. The maximum absolute atomic E-state index is 8.28. The zero-order valence-electron chi connectivity index (χ0n) is 8.60. The maximum Gasteiger partial charge on any atom is 0.0621 e. The summed E-state index contributed by atoms with van der Waals surface area (Å²) in [6.07, 6.45) is 8.57. The van der Waals surface area contributed by atoms with Crippen LogP contribution in [0.5, 0.6) is 0 Å². The predicted molar refractivity (Wildman–Crippen MR) is 56.0 cm³/mol. The second kappa shape index (κ2) is 11.1. The molecule has 0 aliphatic heterocycles. The summed E-state index contributed by atoms with van der Waals surface area (Å²) in [6, 6.07) is 2.14. The lowest BCUT2D eigenvalue weighted by Crippen LogP contribution is -1.74. The molecule has 0 fully saturated rings. The van der Waals surface area contributed by atoms with Gasteiger partial charge in [-0.25, -0.2) is 0 Å². The van der Waals surface area contributed by atoms with Gasteiger partial charge in [0.15, 0.2) is 0 Å². The van der Waals surface area contributed by atoms with Crippen LogP contribution in [0.4, 0.5) is 0 Å². The zero-order chi connectivity index (χ0) is 9.78. The van der Waals surface area contributed by atoms with Gasteiger partial charge < -0.3 is 0 Å². The number of nitriles is 1. The fraction of sp³-hybridized carbons (Fsp3) is 0.750. The van der Waals surface area contributed by atoms with E-state index >= 15 is 0 Å². The van der Waals surface area contributed by atoms with Gasteiger partial charge in [-0.1, -0.05) is 19.8 Å². The van der Waals surface area contributed by atoms with Gasteiger partial charge in [-0.05, 0) is 19.3 Å². The molecule has 0 radical (unpaired) electrons. The normalized spacial score (nSPS) is 8.62. The predicted octanol–water partition coefficient (Wildman–Crippen LogP) is 3.65. The second-order valence-corrected chi connectivity index (χ2v) is 3.18. The van der Waals surface area contributed by atoms with E-state index in [-0.39, 0.29) is 0 Å². The van der Waals surface area contributed by atoms with Crippen LogP contribution in [0.25, 0.3) is 0 Å². The average Bonchev–Trinajstić information content (AvgIpc) is 2.16. The third-order valence-corrected chi connectivity index (χ3v) is 1.87. The first-order valence-electron chi connectivity index (χ1n) is 5.24.